The van der Waals surface area contributed by atoms with Crippen LogP contribution in [-0.4, -0.2) is 60.6 Å². The van der Waals surface area contributed by atoms with Crippen LogP contribution in [0.1, 0.15) is 71.1 Å². The van der Waals surface area contributed by atoms with Gasteiger partial charge in [-0.15, -0.1) is 0 Å². The van der Waals surface area contributed by atoms with Crippen LogP contribution in [0.3, 0.4) is 0 Å². The number of aliphatic hydroxyl groups is 1. The molecule has 0 heterocycles. The number of unbranched alkanes of at least 4 members (excludes halogenated alkanes) is 9. The monoisotopic (exact) mass is 324 g/mol. The van der Waals surface area contributed by atoms with Gasteiger partial charge in [-0.1, -0.05) is 64.7 Å². The van der Waals surface area contributed by atoms with Crippen molar-refractivity contribution in [3.8, 4) is 0 Å². The number of hydrogen-bond acceptors (Lipinski definition) is 1. The minimum absolute atomic E-state index is 0. The summed E-state index contributed by atoms with van der Waals surface area (Å²) in [6.45, 7) is 2.63. The molecule has 2 radical (unpaired) electrons. The zero-order chi connectivity index (χ0) is 9.78. The zero-order valence-corrected chi connectivity index (χ0v) is 14.4. The maximum absolute atomic E-state index is 8.57. The van der Waals surface area contributed by atoms with Gasteiger partial charge in [-0.2, -0.15) is 0 Å². The van der Waals surface area contributed by atoms with E-state index in [1.165, 1.54) is 57.8 Å². The molecule has 0 unspecified atom stereocenters. The van der Waals surface area contributed by atoms with Crippen LogP contribution in [0.25, 0.3) is 0 Å². The van der Waals surface area contributed by atoms with Gasteiger partial charge in [0.25, 0.3) is 0 Å². The summed E-state index contributed by atoms with van der Waals surface area (Å²) in [6, 6.07) is 0. The van der Waals surface area contributed by atoms with E-state index in [2.05, 4.69) is 6.92 Å². The first-order valence-corrected chi connectivity index (χ1v) is 6.02. The fourth-order valence-electron chi connectivity index (χ4n) is 1.60. The molecule has 0 aliphatic rings. The Labute approximate surface area is 130 Å². The van der Waals surface area contributed by atoms with E-state index in [9.17, 15) is 0 Å². The van der Waals surface area contributed by atoms with Crippen LogP contribution in [-0.2, 0) is 0 Å². The molecule has 0 aromatic carbocycles. The molecule has 0 saturated carbocycles. The van der Waals surface area contributed by atoms with Crippen LogP contribution >= 0.6 is 0 Å². The van der Waals surface area contributed by atoms with E-state index in [0.29, 0.717) is 6.61 Å². The maximum Gasteiger partial charge on any atom is 0.0431 e. The minimum atomic E-state index is 0. The Morgan fingerprint density at radius 1 is 0.643 bits per heavy atom. The van der Waals surface area contributed by atoms with Gasteiger partial charge in [-0.3, -0.25) is 0 Å². The predicted molar refractivity (Wildman–Crippen MR) is 64.7 cm³/mol. The second-order valence-corrected chi connectivity index (χ2v) is 3.91. The molecule has 0 bridgehead atoms. The largest absolute Gasteiger partial charge is 0.396 e. The van der Waals surface area contributed by atoms with Gasteiger partial charge in [0, 0.05) is 55.5 Å². The molecule has 0 aliphatic heterocycles. The smallest absolute Gasteiger partial charge is 0.0431 e. The summed E-state index contributed by atoms with van der Waals surface area (Å²) in [4.78, 5) is 0. The average Bonchev–Trinajstić information content (AvgIpc) is 2.16. The van der Waals surface area contributed by atoms with Crippen molar-refractivity contribution >= 4 is 48.9 Å². The van der Waals surface area contributed by atoms with Crippen molar-refractivity contribution < 1.29 is 5.11 Å². The molecule has 0 aliphatic carbocycles. The van der Waals surface area contributed by atoms with Crippen molar-refractivity contribution in [2.75, 3.05) is 6.61 Å². The summed E-state index contributed by atoms with van der Waals surface area (Å²) in [5.74, 6) is 0. The Bertz CT molecular complexity index is 76.4. The second-order valence-electron chi connectivity index (χ2n) is 3.91. The fraction of sp³-hybridized carbons (Fsp3) is 1.00. The Morgan fingerprint density at radius 3 is 1.36 bits per heavy atom. The third-order valence-electron chi connectivity index (χ3n) is 2.51. The second kappa shape index (κ2) is 16.9. The summed E-state index contributed by atoms with van der Waals surface area (Å²) in [5.41, 5.74) is 0. The van der Waals surface area contributed by atoms with E-state index in [4.69, 9.17) is 5.11 Å². The van der Waals surface area contributed by atoms with Crippen LogP contribution < -0.4 is 0 Å². The Morgan fingerprint density at radius 2 is 1.00 bits per heavy atom. The van der Waals surface area contributed by atoms with Gasteiger partial charge in [-0.25, -0.2) is 0 Å². The van der Waals surface area contributed by atoms with Crippen molar-refractivity contribution in [1.29, 1.82) is 0 Å². The van der Waals surface area contributed by atoms with Gasteiger partial charge in [0.2, 0.25) is 0 Å². The molecule has 0 fully saturated rings. The summed E-state index contributed by atoms with van der Waals surface area (Å²) in [6.07, 6.45) is 13.3. The molecule has 2 heteroatoms. The molecule has 82 valence electrons. The molecule has 0 atom stereocenters. The molecule has 1 nitrogen and oxygen atoms in total. The first kappa shape index (κ1) is 17.9. The normalized spacial score (nSPS) is 9.86. The molecule has 0 aromatic heterocycles. The van der Waals surface area contributed by atoms with Gasteiger partial charge >= 0.3 is 0 Å². The van der Waals surface area contributed by atoms with E-state index < -0.39 is 0 Å². The SMILES string of the molecule is CCCCCCCCCCCCO.[Ba]. The van der Waals surface area contributed by atoms with Gasteiger partial charge in [0.1, 0.15) is 0 Å². The Kier molecular flexibility index (Phi) is 21.7. The predicted octanol–water partition coefficient (Wildman–Crippen LogP) is 3.52. The first-order chi connectivity index (χ1) is 6.41. The number of hydrogen-bond donors (Lipinski definition) is 1. The molecular formula is C12H26BaO. The third-order valence-corrected chi connectivity index (χ3v) is 2.51. The zero-order valence-electron chi connectivity index (χ0n) is 9.93. The molecule has 14 heavy (non-hydrogen) atoms. The fourth-order valence-corrected chi connectivity index (χ4v) is 1.60. The van der Waals surface area contributed by atoms with Crippen molar-refractivity contribution in [2.45, 2.75) is 71.1 Å². The third kappa shape index (κ3) is 16.0. The summed E-state index contributed by atoms with van der Waals surface area (Å²) in [5, 5.41) is 8.57. The van der Waals surface area contributed by atoms with Crippen LogP contribution in [0.15, 0.2) is 0 Å². The molecule has 0 rings (SSSR count). The summed E-state index contributed by atoms with van der Waals surface area (Å²) in [7, 11) is 0. The Balaban J connectivity index is 0. The van der Waals surface area contributed by atoms with Gasteiger partial charge in [0.15, 0.2) is 0 Å². The van der Waals surface area contributed by atoms with Crippen LogP contribution in [0, 0.1) is 0 Å². The number of rotatable bonds is 10. The van der Waals surface area contributed by atoms with Gasteiger partial charge in [-0.05, 0) is 6.42 Å². The molecule has 0 saturated heterocycles. The van der Waals surface area contributed by atoms with Crippen molar-refractivity contribution in [1.82, 2.24) is 0 Å². The van der Waals surface area contributed by atoms with E-state index in [-0.39, 0.29) is 48.9 Å². The van der Waals surface area contributed by atoms with E-state index in [1.807, 2.05) is 0 Å². The van der Waals surface area contributed by atoms with Crippen molar-refractivity contribution in [2.24, 2.45) is 0 Å². The first-order valence-electron chi connectivity index (χ1n) is 6.02. The summed E-state index contributed by atoms with van der Waals surface area (Å²) >= 11 is 0. The maximum atomic E-state index is 8.57. The quantitative estimate of drug-likeness (QED) is 0.482. The summed E-state index contributed by atoms with van der Waals surface area (Å²) < 4.78 is 0. The van der Waals surface area contributed by atoms with Gasteiger partial charge < -0.3 is 5.11 Å². The minimum Gasteiger partial charge on any atom is -0.396 e. The topological polar surface area (TPSA) is 20.2 Å². The van der Waals surface area contributed by atoms with E-state index in [1.54, 1.807) is 0 Å². The molecule has 0 aromatic rings. The average molecular weight is 324 g/mol. The van der Waals surface area contributed by atoms with Crippen molar-refractivity contribution in [3.05, 3.63) is 0 Å². The van der Waals surface area contributed by atoms with Crippen LogP contribution in [0.4, 0.5) is 0 Å². The van der Waals surface area contributed by atoms with Gasteiger partial charge in [0.05, 0.1) is 0 Å². The Hall–Kier alpha value is 1.53. The number of aliphatic hydroxyl groups excluding tert-OH is 1. The van der Waals surface area contributed by atoms with E-state index in [0.717, 1.165) is 6.42 Å². The standard InChI is InChI=1S/C12H26O.Ba/c1-2-3-4-5-6-7-8-9-10-11-12-13;/h13H,2-12H2,1H3;. The molecular weight excluding hydrogens is 297 g/mol. The molecule has 0 spiro atoms. The molecule has 1 N–H and O–H groups in total. The van der Waals surface area contributed by atoms with Crippen LogP contribution in [0.5, 0.6) is 0 Å². The van der Waals surface area contributed by atoms with E-state index >= 15 is 0 Å². The molecule has 0 amide bonds. The van der Waals surface area contributed by atoms with Crippen LogP contribution in [0.2, 0.25) is 0 Å². The van der Waals surface area contributed by atoms with Crippen molar-refractivity contribution in [3.63, 3.8) is 0 Å².